The highest BCUT2D eigenvalue weighted by Crippen LogP contribution is 2.29. The van der Waals surface area contributed by atoms with E-state index in [2.05, 4.69) is 25.6 Å². The Morgan fingerprint density at radius 3 is 3.07 bits per heavy atom. The van der Waals surface area contributed by atoms with E-state index >= 15 is 0 Å². The van der Waals surface area contributed by atoms with Crippen LogP contribution in [0.15, 0.2) is 59.8 Å². The summed E-state index contributed by atoms with van der Waals surface area (Å²) in [5.74, 6) is -0.233. The molecule has 4 aromatic heterocycles. The van der Waals surface area contributed by atoms with Crippen molar-refractivity contribution in [2.45, 2.75) is 6.92 Å². The van der Waals surface area contributed by atoms with Gasteiger partial charge in [0, 0.05) is 29.0 Å². The molecule has 1 amide bonds. The summed E-state index contributed by atoms with van der Waals surface area (Å²) in [6.45, 7) is 1.80. The molecule has 8 heteroatoms. The zero-order chi connectivity index (χ0) is 18.4. The molecule has 0 fully saturated rings. The third-order valence-corrected chi connectivity index (χ3v) is 4.46. The summed E-state index contributed by atoms with van der Waals surface area (Å²) in [5, 5.41) is 15.5. The molecule has 0 bridgehead atoms. The predicted molar refractivity (Wildman–Crippen MR) is 99.5 cm³/mol. The van der Waals surface area contributed by atoms with E-state index in [1.165, 1.54) is 0 Å². The van der Waals surface area contributed by atoms with Crippen LogP contribution in [-0.4, -0.2) is 30.7 Å². The maximum Gasteiger partial charge on any atom is 0.259 e. The van der Waals surface area contributed by atoms with Crippen molar-refractivity contribution in [3.05, 3.63) is 66.6 Å². The molecule has 0 aliphatic heterocycles. The van der Waals surface area contributed by atoms with Crippen LogP contribution in [0.4, 0.5) is 5.69 Å². The van der Waals surface area contributed by atoms with E-state index < -0.39 is 0 Å². The molecule has 0 unspecified atom stereocenters. The third kappa shape index (κ3) is 2.46. The van der Waals surface area contributed by atoms with Crippen molar-refractivity contribution in [1.82, 2.24) is 24.8 Å². The predicted octanol–water partition coefficient (Wildman–Crippen LogP) is 3.43. The van der Waals surface area contributed by atoms with Gasteiger partial charge in [-0.25, -0.2) is 4.52 Å². The first kappa shape index (κ1) is 15.3. The summed E-state index contributed by atoms with van der Waals surface area (Å²) in [7, 11) is 0. The first-order valence-electron chi connectivity index (χ1n) is 8.32. The number of furan rings is 1. The van der Waals surface area contributed by atoms with Crippen molar-refractivity contribution in [3.8, 4) is 11.3 Å². The molecule has 5 rings (SSSR count). The van der Waals surface area contributed by atoms with Gasteiger partial charge in [-0.15, -0.1) is 0 Å². The van der Waals surface area contributed by atoms with Gasteiger partial charge < -0.3 is 9.73 Å². The van der Waals surface area contributed by atoms with Crippen molar-refractivity contribution >= 4 is 28.0 Å². The summed E-state index contributed by atoms with van der Waals surface area (Å²) in [6.07, 6.45) is 8.21. The number of hydrogen-bond donors (Lipinski definition) is 2. The number of carbonyl (C=O) groups excluding carboxylic acids is 1. The van der Waals surface area contributed by atoms with Gasteiger partial charge in [-0.05, 0) is 31.2 Å². The number of carbonyl (C=O) groups is 1. The number of aryl methyl sites for hydroxylation is 1. The molecule has 0 atom stereocenters. The van der Waals surface area contributed by atoms with E-state index in [-0.39, 0.29) is 5.91 Å². The molecular weight excluding hydrogens is 344 g/mol. The Hall–Kier alpha value is -3.94. The average molecular weight is 358 g/mol. The van der Waals surface area contributed by atoms with Gasteiger partial charge >= 0.3 is 0 Å². The second kappa shape index (κ2) is 5.80. The van der Waals surface area contributed by atoms with Crippen LogP contribution in [0.5, 0.6) is 0 Å². The van der Waals surface area contributed by atoms with Crippen LogP contribution < -0.4 is 5.32 Å². The zero-order valence-electron chi connectivity index (χ0n) is 14.3. The van der Waals surface area contributed by atoms with Gasteiger partial charge in [0.15, 0.2) is 0 Å². The lowest BCUT2D eigenvalue weighted by Gasteiger charge is -2.05. The number of anilines is 1. The lowest BCUT2D eigenvalue weighted by atomic mass is 10.1. The van der Waals surface area contributed by atoms with Gasteiger partial charge in [-0.1, -0.05) is 0 Å². The van der Waals surface area contributed by atoms with Crippen molar-refractivity contribution < 1.29 is 9.21 Å². The number of H-pyrrole nitrogens is 1. The van der Waals surface area contributed by atoms with Crippen molar-refractivity contribution in [2.24, 2.45) is 0 Å². The number of benzene rings is 1. The molecule has 4 heterocycles. The molecule has 1 aromatic carbocycles. The van der Waals surface area contributed by atoms with Crippen LogP contribution in [0.3, 0.4) is 0 Å². The van der Waals surface area contributed by atoms with Gasteiger partial charge in [0.05, 0.1) is 41.0 Å². The van der Waals surface area contributed by atoms with Crippen LogP contribution in [0.2, 0.25) is 0 Å². The Bertz CT molecular complexity index is 1280. The molecule has 27 heavy (non-hydrogen) atoms. The highest BCUT2D eigenvalue weighted by atomic mass is 16.3. The van der Waals surface area contributed by atoms with Gasteiger partial charge in [-0.3, -0.25) is 14.9 Å². The molecule has 0 saturated carbocycles. The molecule has 0 saturated heterocycles. The SMILES string of the molecule is Cc1nn2ccncc2c1C(=O)Nc1ccc2[nH]nc(-c3ccoc3)c2c1. The quantitative estimate of drug-likeness (QED) is 0.514. The Kier molecular flexibility index (Phi) is 3.29. The molecule has 0 aliphatic carbocycles. The lowest BCUT2D eigenvalue weighted by Crippen LogP contribution is -2.12. The molecule has 132 valence electrons. The largest absolute Gasteiger partial charge is 0.472 e. The number of aromatic nitrogens is 5. The van der Waals surface area contributed by atoms with Crippen LogP contribution in [0.25, 0.3) is 27.7 Å². The van der Waals surface area contributed by atoms with Crippen molar-refractivity contribution in [1.29, 1.82) is 0 Å². The van der Waals surface area contributed by atoms with E-state index in [9.17, 15) is 4.79 Å². The fourth-order valence-corrected chi connectivity index (χ4v) is 3.20. The summed E-state index contributed by atoms with van der Waals surface area (Å²) in [4.78, 5) is 17.0. The second-order valence-electron chi connectivity index (χ2n) is 6.17. The minimum Gasteiger partial charge on any atom is -0.472 e. The fraction of sp³-hybridized carbons (Fsp3) is 0.0526. The number of amides is 1. The number of aromatic amines is 1. The highest BCUT2D eigenvalue weighted by molar-refractivity contribution is 6.10. The first-order valence-corrected chi connectivity index (χ1v) is 8.32. The molecule has 8 nitrogen and oxygen atoms in total. The number of rotatable bonds is 3. The Labute approximate surface area is 152 Å². The summed E-state index contributed by atoms with van der Waals surface area (Å²) in [5.41, 5.74) is 4.99. The average Bonchev–Trinajstić information content (AvgIpc) is 3.38. The number of fused-ring (bicyclic) bond motifs is 2. The molecule has 5 aromatic rings. The van der Waals surface area contributed by atoms with Crippen molar-refractivity contribution in [3.63, 3.8) is 0 Å². The van der Waals surface area contributed by atoms with Crippen molar-refractivity contribution in [2.75, 3.05) is 5.32 Å². The maximum absolute atomic E-state index is 12.9. The first-order chi connectivity index (χ1) is 13.2. The van der Waals surface area contributed by atoms with E-state index in [1.807, 2.05) is 24.3 Å². The zero-order valence-corrected chi connectivity index (χ0v) is 14.3. The van der Waals surface area contributed by atoms with Crippen LogP contribution in [0.1, 0.15) is 16.1 Å². The monoisotopic (exact) mass is 358 g/mol. The molecule has 2 N–H and O–H groups in total. The van der Waals surface area contributed by atoms with Gasteiger partial charge in [0.2, 0.25) is 0 Å². The van der Waals surface area contributed by atoms with E-state index in [0.29, 0.717) is 22.5 Å². The number of nitrogens with zero attached hydrogens (tertiary/aromatic N) is 4. The summed E-state index contributed by atoms with van der Waals surface area (Å²) >= 11 is 0. The Balaban J connectivity index is 1.53. The molecular formula is C19H14N6O2. The molecule has 0 radical (unpaired) electrons. The smallest absolute Gasteiger partial charge is 0.259 e. The Morgan fingerprint density at radius 1 is 1.30 bits per heavy atom. The van der Waals surface area contributed by atoms with E-state index in [1.54, 1.807) is 42.6 Å². The van der Waals surface area contributed by atoms with Crippen LogP contribution >= 0.6 is 0 Å². The fourth-order valence-electron chi connectivity index (χ4n) is 3.20. The number of nitrogens with one attached hydrogen (secondary N) is 2. The normalized spacial score (nSPS) is 11.3. The highest BCUT2D eigenvalue weighted by Gasteiger charge is 2.18. The summed E-state index contributed by atoms with van der Waals surface area (Å²) in [6, 6.07) is 7.44. The van der Waals surface area contributed by atoms with E-state index in [0.717, 1.165) is 22.2 Å². The minimum absolute atomic E-state index is 0.233. The third-order valence-electron chi connectivity index (χ3n) is 4.46. The maximum atomic E-state index is 12.9. The Morgan fingerprint density at radius 2 is 2.22 bits per heavy atom. The van der Waals surface area contributed by atoms with Gasteiger partial charge in [0.25, 0.3) is 5.91 Å². The second-order valence-corrected chi connectivity index (χ2v) is 6.17. The van der Waals surface area contributed by atoms with Gasteiger partial charge in [0.1, 0.15) is 5.69 Å². The standard InChI is InChI=1S/C19H14N6O2/c1-11-17(16-9-20-5-6-25(16)24-11)19(26)21-13-2-3-15-14(8-13)18(23-22-15)12-4-7-27-10-12/h2-10H,1H3,(H,21,26)(H,22,23). The topological polar surface area (TPSA) is 101 Å². The number of hydrogen-bond acceptors (Lipinski definition) is 5. The van der Waals surface area contributed by atoms with Crippen LogP contribution in [0, 0.1) is 6.92 Å². The van der Waals surface area contributed by atoms with Crippen LogP contribution in [-0.2, 0) is 0 Å². The van der Waals surface area contributed by atoms with Gasteiger partial charge in [-0.2, -0.15) is 10.2 Å². The molecule has 0 spiro atoms. The lowest BCUT2D eigenvalue weighted by molar-refractivity contribution is 0.102. The molecule has 0 aliphatic rings. The van der Waals surface area contributed by atoms with E-state index in [4.69, 9.17) is 4.42 Å². The summed E-state index contributed by atoms with van der Waals surface area (Å²) < 4.78 is 6.79. The minimum atomic E-state index is -0.233.